The molecule has 1 aliphatic heterocycles. The van der Waals surface area contributed by atoms with Gasteiger partial charge in [0.2, 0.25) is 0 Å². The van der Waals surface area contributed by atoms with E-state index in [2.05, 4.69) is 18.7 Å². The summed E-state index contributed by atoms with van der Waals surface area (Å²) >= 11 is 6.01. The van der Waals surface area contributed by atoms with Crippen LogP contribution in [0.1, 0.15) is 25.8 Å². The van der Waals surface area contributed by atoms with Gasteiger partial charge in [-0.1, -0.05) is 25.4 Å². The van der Waals surface area contributed by atoms with Crippen molar-refractivity contribution in [3.63, 3.8) is 0 Å². The van der Waals surface area contributed by atoms with Crippen LogP contribution in [-0.2, 0) is 6.61 Å². The Morgan fingerprint density at radius 3 is 2.53 bits per heavy atom. The molecule has 94 valence electrons. The average Bonchev–Trinajstić information content (AvgIpc) is 2.28. The highest BCUT2D eigenvalue weighted by molar-refractivity contribution is 6.31. The van der Waals surface area contributed by atoms with E-state index in [0.29, 0.717) is 5.02 Å². The van der Waals surface area contributed by atoms with Crippen molar-refractivity contribution in [1.82, 2.24) is 0 Å². The lowest BCUT2D eigenvalue weighted by atomic mass is 9.91. The molecule has 1 fully saturated rings. The Bertz CT molecular complexity index is 384. The van der Waals surface area contributed by atoms with Crippen molar-refractivity contribution >= 4 is 17.3 Å². The summed E-state index contributed by atoms with van der Waals surface area (Å²) in [4.78, 5) is 2.40. The molecule has 0 amide bonds. The van der Waals surface area contributed by atoms with Gasteiger partial charge in [0.05, 0.1) is 6.61 Å². The molecule has 0 bridgehead atoms. The van der Waals surface area contributed by atoms with Crippen molar-refractivity contribution < 1.29 is 5.11 Å². The molecule has 2 rings (SSSR count). The van der Waals surface area contributed by atoms with Crippen LogP contribution in [0.15, 0.2) is 18.2 Å². The van der Waals surface area contributed by atoms with Crippen LogP contribution in [0.25, 0.3) is 0 Å². The first kappa shape index (κ1) is 12.7. The van der Waals surface area contributed by atoms with E-state index in [-0.39, 0.29) is 6.61 Å². The third kappa shape index (κ3) is 2.93. The Kier molecular flexibility index (Phi) is 3.95. The molecule has 3 heteroatoms. The Morgan fingerprint density at radius 1 is 1.29 bits per heavy atom. The zero-order chi connectivity index (χ0) is 12.4. The number of hydrogen-bond donors (Lipinski definition) is 1. The molecule has 17 heavy (non-hydrogen) atoms. The second-order valence-corrected chi connectivity index (χ2v) is 5.69. The minimum absolute atomic E-state index is 0.00558. The highest BCUT2D eigenvalue weighted by Crippen LogP contribution is 2.29. The van der Waals surface area contributed by atoms with E-state index in [1.165, 1.54) is 12.1 Å². The largest absolute Gasteiger partial charge is 0.392 e. The minimum atomic E-state index is 0.00558. The van der Waals surface area contributed by atoms with Gasteiger partial charge in [0.25, 0.3) is 0 Å². The summed E-state index contributed by atoms with van der Waals surface area (Å²) in [6, 6.07) is 5.94. The number of halogens is 1. The van der Waals surface area contributed by atoms with E-state index in [1.807, 2.05) is 18.2 Å². The number of rotatable bonds is 2. The van der Waals surface area contributed by atoms with Gasteiger partial charge in [-0.2, -0.15) is 0 Å². The summed E-state index contributed by atoms with van der Waals surface area (Å²) in [5.74, 6) is 1.46. The lowest BCUT2D eigenvalue weighted by Crippen LogP contribution is -2.38. The third-order valence-electron chi connectivity index (χ3n) is 3.43. The number of aliphatic hydroxyl groups is 1. The van der Waals surface area contributed by atoms with E-state index in [4.69, 9.17) is 11.6 Å². The van der Waals surface area contributed by atoms with Crippen molar-refractivity contribution in [3.8, 4) is 0 Å². The fraction of sp³-hybridized carbons (Fsp3) is 0.571. The third-order valence-corrected chi connectivity index (χ3v) is 3.80. The molecule has 2 unspecified atom stereocenters. The second-order valence-electron chi connectivity index (χ2n) is 5.28. The van der Waals surface area contributed by atoms with E-state index >= 15 is 0 Å². The first-order valence-electron chi connectivity index (χ1n) is 6.24. The van der Waals surface area contributed by atoms with Crippen LogP contribution in [0.5, 0.6) is 0 Å². The van der Waals surface area contributed by atoms with Crippen molar-refractivity contribution in [2.24, 2.45) is 11.8 Å². The first-order valence-corrected chi connectivity index (χ1v) is 6.62. The summed E-state index contributed by atoms with van der Waals surface area (Å²) in [6.45, 7) is 6.79. The van der Waals surface area contributed by atoms with Crippen LogP contribution in [0.2, 0.25) is 5.02 Å². The van der Waals surface area contributed by atoms with Gasteiger partial charge in [0.1, 0.15) is 0 Å². The van der Waals surface area contributed by atoms with Gasteiger partial charge in [0.15, 0.2) is 0 Å². The van der Waals surface area contributed by atoms with Gasteiger partial charge >= 0.3 is 0 Å². The molecule has 0 saturated carbocycles. The molecule has 1 saturated heterocycles. The van der Waals surface area contributed by atoms with Crippen LogP contribution < -0.4 is 4.90 Å². The summed E-state index contributed by atoms with van der Waals surface area (Å²) in [5.41, 5.74) is 1.99. The van der Waals surface area contributed by atoms with Crippen molar-refractivity contribution in [2.75, 3.05) is 18.0 Å². The van der Waals surface area contributed by atoms with Crippen molar-refractivity contribution in [2.45, 2.75) is 26.9 Å². The standard InChI is InChI=1S/C14H20ClNO/c1-10-5-11(2)8-16(7-10)13-3-4-14(15)12(6-13)9-17/h3-4,6,10-11,17H,5,7-9H2,1-2H3. The zero-order valence-corrected chi connectivity index (χ0v) is 11.2. The highest BCUT2D eigenvalue weighted by Gasteiger charge is 2.22. The lowest BCUT2D eigenvalue weighted by molar-refractivity contribution is 0.282. The number of hydrogen-bond acceptors (Lipinski definition) is 2. The number of aliphatic hydroxyl groups excluding tert-OH is 1. The second kappa shape index (κ2) is 5.28. The van der Waals surface area contributed by atoms with Gasteiger partial charge < -0.3 is 10.0 Å². The van der Waals surface area contributed by atoms with Gasteiger partial charge in [-0.25, -0.2) is 0 Å². The topological polar surface area (TPSA) is 23.5 Å². The normalized spacial score (nSPS) is 25.1. The van der Waals surface area contributed by atoms with Crippen molar-refractivity contribution in [3.05, 3.63) is 28.8 Å². The lowest BCUT2D eigenvalue weighted by Gasteiger charge is -2.36. The number of anilines is 1. The maximum Gasteiger partial charge on any atom is 0.0697 e. The molecular weight excluding hydrogens is 234 g/mol. The molecule has 2 nitrogen and oxygen atoms in total. The summed E-state index contributed by atoms with van der Waals surface area (Å²) < 4.78 is 0. The maximum absolute atomic E-state index is 9.24. The molecule has 1 aliphatic rings. The molecule has 0 spiro atoms. The molecular formula is C14H20ClNO. The zero-order valence-electron chi connectivity index (χ0n) is 10.5. The van der Waals surface area contributed by atoms with E-state index in [1.54, 1.807) is 0 Å². The summed E-state index contributed by atoms with van der Waals surface area (Å²) in [7, 11) is 0. The van der Waals surface area contributed by atoms with Gasteiger partial charge in [0, 0.05) is 23.8 Å². The van der Waals surface area contributed by atoms with Gasteiger partial charge in [-0.15, -0.1) is 0 Å². The Hall–Kier alpha value is -0.730. The molecule has 1 N–H and O–H groups in total. The van der Waals surface area contributed by atoms with Gasteiger partial charge in [-0.3, -0.25) is 0 Å². The fourth-order valence-electron chi connectivity index (χ4n) is 2.75. The van der Waals surface area contributed by atoms with Crippen LogP contribution in [0, 0.1) is 11.8 Å². The average molecular weight is 254 g/mol. The predicted octanol–water partition coefficient (Wildman–Crippen LogP) is 3.31. The predicted molar refractivity (Wildman–Crippen MR) is 72.5 cm³/mol. The fourth-order valence-corrected chi connectivity index (χ4v) is 2.93. The molecule has 0 aliphatic carbocycles. The maximum atomic E-state index is 9.24. The smallest absolute Gasteiger partial charge is 0.0697 e. The number of piperidine rings is 1. The first-order chi connectivity index (χ1) is 8.10. The molecule has 1 heterocycles. The van der Waals surface area contributed by atoms with Crippen LogP contribution in [0.3, 0.4) is 0 Å². The molecule has 0 radical (unpaired) electrons. The quantitative estimate of drug-likeness (QED) is 0.874. The minimum Gasteiger partial charge on any atom is -0.392 e. The van der Waals surface area contributed by atoms with E-state index < -0.39 is 0 Å². The highest BCUT2D eigenvalue weighted by atomic mass is 35.5. The van der Waals surface area contributed by atoms with Crippen LogP contribution >= 0.6 is 11.6 Å². The molecule has 2 atom stereocenters. The Balaban J connectivity index is 2.21. The van der Waals surface area contributed by atoms with Crippen molar-refractivity contribution in [1.29, 1.82) is 0 Å². The molecule has 1 aromatic carbocycles. The monoisotopic (exact) mass is 253 g/mol. The van der Waals surface area contributed by atoms with Gasteiger partial charge in [-0.05, 0) is 42.0 Å². The Morgan fingerprint density at radius 2 is 1.94 bits per heavy atom. The van der Waals surface area contributed by atoms with E-state index in [9.17, 15) is 5.11 Å². The van der Waals surface area contributed by atoms with Crippen LogP contribution in [0.4, 0.5) is 5.69 Å². The SMILES string of the molecule is CC1CC(C)CN(c2ccc(Cl)c(CO)c2)C1. The number of nitrogens with zero attached hydrogens (tertiary/aromatic N) is 1. The summed E-state index contributed by atoms with van der Waals surface area (Å²) in [6.07, 6.45) is 1.30. The Labute approximate surface area is 108 Å². The summed E-state index contributed by atoms with van der Waals surface area (Å²) in [5, 5.41) is 9.89. The molecule has 0 aromatic heterocycles. The molecule has 1 aromatic rings. The van der Waals surface area contributed by atoms with Crippen LogP contribution in [-0.4, -0.2) is 18.2 Å². The number of benzene rings is 1. The van der Waals surface area contributed by atoms with E-state index in [0.717, 1.165) is 30.5 Å².